The van der Waals surface area contributed by atoms with E-state index in [0.29, 0.717) is 22.3 Å². The Balaban J connectivity index is 1.68. The lowest BCUT2D eigenvalue weighted by molar-refractivity contribution is 0.152. The number of nitrogens with two attached hydrogens (primary N) is 2. The number of nitrogens with one attached hydrogen (secondary N) is 1. The van der Waals surface area contributed by atoms with Crippen LogP contribution in [0.1, 0.15) is 23.7 Å². The Morgan fingerprint density at radius 1 is 1.18 bits per heavy atom. The molecule has 3 aromatic heterocycles. The van der Waals surface area contributed by atoms with Gasteiger partial charge in [0.2, 0.25) is 0 Å². The Bertz CT molecular complexity index is 1340. The Hall–Kier alpha value is -4.35. The summed E-state index contributed by atoms with van der Waals surface area (Å²) in [6.07, 6.45) is 0.891. The molecule has 5 N–H and O–H groups in total. The fourth-order valence-corrected chi connectivity index (χ4v) is 3.46. The lowest BCUT2D eigenvalue weighted by Gasteiger charge is -2.11. The molecular formula is C22H22F2N8O2. The molecule has 0 unspecified atom stereocenters. The van der Waals surface area contributed by atoms with Crippen molar-refractivity contribution in [3.8, 4) is 5.95 Å². The number of benzene rings is 1. The normalized spacial score (nSPS) is 11.0. The second kappa shape index (κ2) is 9.65. The Kier molecular flexibility index (Phi) is 6.48. The number of carbonyl (C=O) groups is 1. The van der Waals surface area contributed by atoms with Crippen molar-refractivity contribution in [1.82, 2.24) is 30.0 Å². The van der Waals surface area contributed by atoms with E-state index in [9.17, 15) is 13.6 Å². The summed E-state index contributed by atoms with van der Waals surface area (Å²) in [5, 5.41) is 7.03. The number of amides is 1. The summed E-state index contributed by atoms with van der Waals surface area (Å²) < 4.78 is 34.3. The maximum absolute atomic E-state index is 14.2. The average molecular weight is 468 g/mol. The molecule has 0 atom stereocenters. The summed E-state index contributed by atoms with van der Waals surface area (Å²) in [6, 6.07) is 7.52. The fraction of sp³-hybridized carbons (Fsp3) is 0.227. The molecule has 3 heterocycles. The first kappa shape index (κ1) is 22.8. The van der Waals surface area contributed by atoms with Gasteiger partial charge in [-0.1, -0.05) is 18.2 Å². The van der Waals surface area contributed by atoms with Crippen molar-refractivity contribution in [2.45, 2.75) is 19.8 Å². The molecule has 4 aromatic rings. The van der Waals surface area contributed by atoms with Crippen LogP contribution in [0.3, 0.4) is 0 Å². The molecule has 12 heteroatoms. The number of fused-ring (bicyclic) bond motifs is 1. The van der Waals surface area contributed by atoms with Crippen LogP contribution in [-0.4, -0.2) is 44.0 Å². The van der Waals surface area contributed by atoms with Crippen LogP contribution in [0, 0.1) is 11.6 Å². The van der Waals surface area contributed by atoms with Crippen LogP contribution in [0.4, 0.5) is 25.2 Å². The highest BCUT2D eigenvalue weighted by Crippen LogP contribution is 2.25. The van der Waals surface area contributed by atoms with Crippen LogP contribution in [0.25, 0.3) is 17.0 Å². The number of nitrogens with zero attached hydrogens (tertiary/aromatic N) is 5. The van der Waals surface area contributed by atoms with Gasteiger partial charge in [0, 0.05) is 24.6 Å². The third-order valence-corrected chi connectivity index (χ3v) is 5.04. The number of ether oxygens (including phenoxy) is 1. The number of rotatable bonds is 7. The predicted octanol–water partition coefficient (Wildman–Crippen LogP) is 2.53. The van der Waals surface area contributed by atoms with Crippen LogP contribution in [-0.2, 0) is 17.6 Å². The van der Waals surface area contributed by atoms with Gasteiger partial charge in [-0.05, 0) is 25.0 Å². The Morgan fingerprint density at radius 2 is 1.91 bits per heavy atom. The molecule has 10 nitrogen and oxygen atoms in total. The zero-order valence-corrected chi connectivity index (χ0v) is 18.3. The van der Waals surface area contributed by atoms with Gasteiger partial charge in [-0.2, -0.15) is 19.7 Å². The molecule has 0 saturated carbocycles. The molecule has 0 saturated heterocycles. The number of anilines is 2. The van der Waals surface area contributed by atoms with Crippen LogP contribution >= 0.6 is 0 Å². The van der Waals surface area contributed by atoms with Gasteiger partial charge in [-0.15, -0.1) is 0 Å². The van der Waals surface area contributed by atoms with Crippen molar-refractivity contribution < 1.29 is 18.3 Å². The number of hydrogen-bond donors (Lipinski definition) is 3. The van der Waals surface area contributed by atoms with Crippen molar-refractivity contribution in [2.24, 2.45) is 0 Å². The van der Waals surface area contributed by atoms with Crippen molar-refractivity contribution in [3.63, 3.8) is 0 Å². The molecule has 1 aromatic carbocycles. The van der Waals surface area contributed by atoms with Gasteiger partial charge < -0.3 is 21.5 Å². The highest BCUT2D eigenvalue weighted by Gasteiger charge is 2.19. The zero-order valence-electron chi connectivity index (χ0n) is 18.3. The van der Waals surface area contributed by atoms with E-state index in [1.807, 2.05) is 0 Å². The maximum Gasteiger partial charge on any atom is 0.407 e. The number of hydrogen-bond acceptors (Lipinski definition) is 8. The fourth-order valence-electron chi connectivity index (χ4n) is 3.46. The van der Waals surface area contributed by atoms with Gasteiger partial charge >= 0.3 is 6.09 Å². The number of carbonyl (C=O) groups excluding carboxylic acids is 1. The number of alkyl carbamates (subject to hydrolysis) is 1. The molecule has 0 aliphatic rings. The summed E-state index contributed by atoms with van der Waals surface area (Å²) in [6.45, 7) is 2.16. The van der Waals surface area contributed by atoms with Crippen LogP contribution in [0.15, 0.2) is 36.5 Å². The van der Waals surface area contributed by atoms with E-state index in [2.05, 4.69) is 25.4 Å². The summed E-state index contributed by atoms with van der Waals surface area (Å²) in [5.41, 5.74) is 14.1. The highest BCUT2D eigenvalue weighted by molar-refractivity contribution is 5.79. The minimum Gasteiger partial charge on any atom is -0.450 e. The predicted molar refractivity (Wildman–Crippen MR) is 121 cm³/mol. The minimum atomic E-state index is -0.589. The highest BCUT2D eigenvalue weighted by atomic mass is 19.1. The summed E-state index contributed by atoms with van der Waals surface area (Å²) >= 11 is 0. The molecule has 0 radical (unpaired) electrons. The molecule has 34 heavy (non-hydrogen) atoms. The van der Waals surface area contributed by atoms with Crippen molar-refractivity contribution in [2.75, 3.05) is 24.6 Å². The number of pyridine rings is 1. The number of nitrogen functional groups attached to an aromatic ring is 2. The lowest BCUT2D eigenvalue weighted by atomic mass is 10.1. The van der Waals surface area contributed by atoms with E-state index in [0.717, 1.165) is 6.20 Å². The van der Waals surface area contributed by atoms with Crippen LogP contribution < -0.4 is 16.8 Å². The molecule has 0 aliphatic heterocycles. The van der Waals surface area contributed by atoms with E-state index in [1.54, 1.807) is 25.1 Å². The number of halogens is 2. The first-order valence-electron chi connectivity index (χ1n) is 10.5. The molecular weight excluding hydrogens is 446 g/mol. The number of aromatic nitrogens is 5. The second-order valence-corrected chi connectivity index (χ2v) is 7.32. The van der Waals surface area contributed by atoms with Gasteiger partial charge in [0.25, 0.3) is 5.95 Å². The third kappa shape index (κ3) is 4.70. The maximum atomic E-state index is 14.2. The van der Waals surface area contributed by atoms with Gasteiger partial charge in [0.15, 0.2) is 0 Å². The largest absolute Gasteiger partial charge is 0.450 e. The molecule has 0 aliphatic carbocycles. The zero-order chi connectivity index (χ0) is 24.2. The Labute approximate surface area is 193 Å². The summed E-state index contributed by atoms with van der Waals surface area (Å²) in [5.74, 6) is -0.811. The van der Waals surface area contributed by atoms with E-state index in [1.165, 1.54) is 16.8 Å². The molecule has 0 fully saturated rings. The van der Waals surface area contributed by atoms with Crippen LogP contribution in [0.2, 0.25) is 0 Å². The van der Waals surface area contributed by atoms with Crippen molar-refractivity contribution in [1.29, 1.82) is 0 Å². The minimum absolute atomic E-state index is 0.00860. The van der Waals surface area contributed by atoms with Gasteiger partial charge in [0.05, 0.1) is 24.0 Å². The van der Waals surface area contributed by atoms with Gasteiger partial charge in [-0.25, -0.2) is 18.6 Å². The van der Waals surface area contributed by atoms with E-state index in [-0.39, 0.29) is 49.1 Å². The summed E-state index contributed by atoms with van der Waals surface area (Å²) in [4.78, 5) is 24.1. The van der Waals surface area contributed by atoms with Crippen molar-refractivity contribution in [3.05, 3.63) is 65.0 Å². The molecule has 1 amide bonds. The third-order valence-electron chi connectivity index (χ3n) is 5.04. The molecule has 0 bridgehead atoms. The van der Waals surface area contributed by atoms with E-state index in [4.69, 9.17) is 16.2 Å². The van der Waals surface area contributed by atoms with Gasteiger partial charge in [0.1, 0.15) is 28.8 Å². The molecule has 0 spiro atoms. The van der Waals surface area contributed by atoms with E-state index >= 15 is 0 Å². The SMILES string of the molecule is CCOC(=O)NCCc1c(N)nc(-n2nc(Cc3ccccc3F)c3ncc(F)cc32)nc1N. The first-order chi connectivity index (χ1) is 16.4. The molecule has 176 valence electrons. The topological polar surface area (TPSA) is 147 Å². The van der Waals surface area contributed by atoms with Crippen molar-refractivity contribution >= 4 is 28.8 Å². The van der Waals surface area contributed by atoms with Gasteiger partial charge in [-0.3, -0.25) is 0 Å². The molecule has 4 rings (SSSR count). The average Bonchev–Trinajstić information content (AvgIpc) is 3.14. The summed E-state index contributed by atoms with van der Waals surface area (Å²) in [7, 11) is 0. The van der Waals surface area contributed by atoms with Crippen LogP contribution in [0.5, 0.6) is 0 Å². The first-order valence-corrected chi connectivity index (χ1v) is 10.5. The smallest absolute Gasteiger partial charge is 0.407 e. The standard InChI is InChI=1S/C22H22F2N8O2/c1-2-34-22(33)27-8-7-14-19(25)29-21(30-20(14)26)32-17-10-13(23)11-28-18(17)16(31-32)9-12-5-3-4-6-15(12)24/h3-6,10-11H,2,7-9H2,1H3,(H,27,33)(H4,25,26,29,30). The quantitative estimate of drug-likeness (QED) is 0.375. The van der Waals surface area contributed by atoms with E-state index < -0.39 is 17.7 Å². The second-order valence-electron chi connectivity index (χ2n) is 7.32. The Morgan fingerprint density at radius 3 is 2.62 bits per heavy atom. The lowest BCUT2D eigenvalue weighted by Crippen LogP contribution is -2.27. The monoisotopic (exact) mass is 468 g/mol.